The molecule has 0 spiro atoms. The van der Waals surface area contributed by atoms with E-state index in [2.05, 4.69) is 20.0 Å². The van der Waals surface area contributed by atoms with E-state index in [9.17, 15) is 0 Å². The summed E-state index contributed by atoms with van der Waals surface area (Å²) in [5, 5.41) is 4.47. The van der Waals surface area contributed by atoms with Gasteiger partial charge in [0.15, 0.2) is 5.82 Å². The van der Waals surface area contributed by atoms with Gasteiger partial charge in [-0.25, -0.2) is 14.6 Å². The quantitative estimate of drug-likeness (QED) is 0.718. The van der Waals surface area contributed by atoms with E-state index in [1.807, 2.05) is 32.3 Å². The minimum Gasteiger partial charge on any atom is -0.481 e. The minimum atomic E-state index is 0.745. The molecule has 4 heterocycles. The number of ether oxygens (including phenoxy) is 1. The molecule has 0 saturated carbocycles. The first-order valence-electron chi connectivity index (χ1n) is 8.69. The summed E-state index contributed by atoms with van der Waals surface area (Å²) in [5.41, 5.74) is 5.42. The van der Waals surface area contributed by atoms with E-state index >= 15 is 0 Å². The number of aromatic nitrogens is 5. The molecular weight excluding hydrogens is 328 g/mol. The Morgan fingerprint density at radius 3 is 2.92 bits per heavy atom. The average molecular weight is 350 g/mol. The van der Waals surface area contributed by atoms with E-state index in [4.69, 9.17) is 9.72 Å². The lowest BCUT2D eigenvalue weighted by molar-refractivity contribution is 0.238. The third-order valence-corrected chi connectivity index (χ3v) is 4.80. The fourth-order valence-corrected chi connectivity index (χ4v) is 3.49. The smallest absolute Gasteiger partial charge is 0.216 e. The molecular formula is C19H22N6O. The van der Waals surface area contributed by atoms with Gasteiger partial charge in [-0.2, -0.15) is 5.10 Å². The summed E-state index contributed by atoms with van der Waals surface area (Å²) in [4.78, 5) is 15.8. The number of methoxy groups -OCH3 is 1. The number of hydrogen-bond donors (Lipinski definition) is 0. The van der Waals surface area contributed by atoms with Crippen LogP contribution in [0.2, 0.25) is 0 Å². The van der Waals surface area contributed by atoms with Crippen LogP contribution in [0.5, 0.6) is 5.88 Å². The van der Waals surface area contributed by atoms with Crippen molar-refractivity contribution in [3.8, 4) is 17.3 Å². The molecule has 0 N–H and O–H groups in total. The molecule has 0 amide bonds. The van der Waals surface area contributed by atoms with Crippen molar-refractivity contribution in [1.29, 1.82) is 0 Å². The van der Waals surface area contributed by atoms with Gasteiger partial charge in [0.25, 0.3) is 0 Å². The van der Waals surface area contributed by atoms with Crippen LogP contribution >= 0.6 is 0 Å². The fourth-order valence-electron chi connectivity index (χ4n) is 3.49. The number of pyridine rings is 1. The van der Waals surface area contributed by atoms with Crippen LogP contribution in [0.4, 0.5) is 0 Å². The molecule has 4 rings (SSSR count). The molecule has 134 valence electrons. The predicted molar refractivity (Wildman–Crippen MR) is 97.6 cm³/mol. The summed E-state index contributed by atoms with van der Waals surface area (Å²) >= 11 is 0. The molecule has 3 aromatic heterocycles. The molecule has 1 aliphatic heterocycles. The highest BCUT2D eigenvalue weighted by molar-refractivity contribution is 5.53. The molecule has 0 atom stereocenters. The van der Waals surface area contributed by atoms with Gasteiger partial charge >= 0.3 is 0 Å². The first-order chi connectivity index (χ1) is 12.7. The Bertz CT molecular complexity index is 921. The topological polar surface area (TPSA) is 69.0 Å². The molecule has 0 bridgehead atoms. The van der Waals surface area contributed by atoms with E-state index in [0.717, 1.165) is 60.3 Å². The number of rotatable bonds is 4. The maximum Gasteiger partial charge on any atom is 0.216 e. The number of nitrogens with zero attached hydrogens (tertiary/aromatic N) is 6. The Balaban J connectivity index is 1.54. The van der Waals surface area contributed by atoms with E-state index in [1.54, 1.807) is 24.2 Å². The van der Waals surface area contributed by atoms with Crippen molar-refractivity contribution in [2.24, 2.45) is 7.05 Å². The molecule has 0 saturated heterocycles. The Morgan fingerprint density at radius 1 is 1.27 bits per heavy atom. The first kappa shape index (κ1) is 16.7. The minimum absolute atomic E-state index is 0.745. The second kappa shape index (κ2) is 6.84. The van der Waals surface area contributed by atoms with Gasteiger partial charge in [-0.1, -0.05) is 0 Å². The third-order valence-electron chi connectivity index (χ3n) is 4.80. The van der Waals surface area contributed by atoms with Crippen LogP contribution in [-0.2, 0) is 26.6 Å². The predicted octanol–water partition coefficient (Wildman–Crippen LogP) is 2.15. The molecule has 0 aromatic carbocycles. The summed E-state index contributed by atoms with van der Waals surface area (Å²) in [6, 6.07) is 3.89. The fraction of sp³-hybridized carbons (Fsp3) is 0.368. The van der Waals surface area contributed by atoms with Gasteiger partial charge in [-0.3, -0.25) is 9.88 Å². The summed E-state index contributed by atoms with van der Waals surface area (Å²) in [6.45, 7) is 4.62. The van der Waals surface area contributed by atoms with Crippen LogP contribution in [0.25, 0.3) is 11.4 Å². The second-order valence-corrected chi connectivity index (χ2v) is 6.56. The second-order valence-electron chi connectivity index (χ2n) is 6.56. The van der Waals surface area contributed by atoms with Crippen molar-refractivity contribution >= 4 is 0 Å². The molecule has 7 nitrogen and oxygen atoms in total. The lowest BCUT2D eigenvalue weighted by Crippen LogP contribution is -2.31. The summed E-state index contributed by atoms with van der Waals surface area (Å²) in [6.07, 6.45) is 6.42. The normalized spacial score (nSPS) is 14.3. The monoisotopic (exact) mass is 350 g/mol. The van der Waals surface area contributed by atoms with E-state index in [1.165, 1.54) is 5.56 Å². The van der Waals surface area contributed by atoms with Gasteiger partial charge in [0.05, 0.1) is 24.1 Å². The number of aryl methyl sites for hydroxylation is 2. The summed E-state index contributed by atoms with van der Waals surface area (Å²) < 4.78 is 7.31. The zero-order valence-electron chi connectivity index (χ0n) is 15.3. The number of fused-ring (bicyclic) bond motifs is 1. The summed E-state index contributed by atoms with van der Waals surface area (Å²) in [7, 11) is 3.61. The highest BCUT2D eigenvalue weighted by Crippen LogP contribution is 2.26. The summed E-state index contributed by atoms with van der Waals surface area (Å²) in [5.74, 6) is 1.58. The van der Waals surface area contributed by atoms with Crippen molar-refractivity contribution in [2.75, 3.05) is 13.7 Å². The van der Waals surface area contributed by atoms with Crippen LogP contribution in [0, 0.1) is 6.92 Å². The van der Waals surface area contributed by atoms with Gasteiger partial charge in [0, 0.05) is 62.8 Å². The van der Waals surface area contributed by atoms with Gasteiger partial charge in [0.2, 0.25) is 5.88 Å². The van der Waals surface area contributed by atoms with E-state index in [0.29, 0.717) is 0 Å². The van der Waals surface area contributed by atoms with Crippen LogP contribution < -0.4 is 4.74 Å². The standard InChI is InChI=1S/C19H22N6O/c1-13-16(19(26-3)24(2)23-13)12-25-8-6-17-15(11-25)10-21-18(22-17)14-5-4-7-20-9-14/h4-5,7,9-10H,6,8,11-12H2,1-3H3. The Labute approximate surface area is 152 Å². The zero-order valence-corrected chi connectivity index (χ0v) is 15.3. The maximum atomic E-state index is 5.52. The van der Waals surface area contributed by atoms with Crippen LogP contribution in [0.3, 0.4) is 0 Å². The zero-order chi connectivity index (χ0) is 18.1. The molecule has 0 fully saturated rings. The van der Waals surface area contributed by atoms with E-state index in [-0.39, 0.29) is 0 Å². The van der Waals surface area contributed by atoms with Crippen LogP contribution in [0.1, 0.15) is 22.5 Å². The Morgan fingerprint density at radius 2 is 2.15 bits per heavy atom. The molecule has 0 unspecified atom stereocenters. The molecule has 0 radical (unpaired) electrons. The van der Waals surface area contributed by atoms with Crippen molar-refractivity contribution in [2.45, 2.75) is 26.4 Å². The molecule has 1 aliphatic rings. The van der Waals surface area contributed by atoms with Gasteiger partial charge in [-0.15, -0.1) is 0 Å². The molecule has 7 heteroatoms. The first-order valence-corrected chi connectivity index (χ1v) is 8.69. The van der Waals surface area contributed by atoms with Crippen molar-refractivity contribution < 1.29 is 4.74 Å². The van der Waals surface area contributed by atoms with Gasteiger partial charge < -0.3 is 4.74 Å². The van der Waals surface area contributed by atoms with Gasteiger partial charge in [-0.05, 0) is 19.1 Å². The van der Waals surface area contributed by atoms with Crippen molar-refractivity contribution in [3.63, 3.8) is 0 Å². The molecule has 3 aromatic rings. The van der Waals surface area contributed by atoms with Crippen molar-refractivity contribution in [3.05, 3.63) is 53.2 Å². The Kier molecular flexibility index (Phi) is 4.38. The SMILES string of the molecule is COc1c(CN2CCc3nc(-c4cccnc4)ncc3C2)c(C)nn1C. The lowest BCUT2D eigenvalue weighted by Gasteiger charge is -2.28. The highest BCUT2D eigenvalue weighted by atomic mass is 16.5. The van der Waals surface area contributed by atoms with Crippen molar-refractivity contribution in [1.82, 2.24) is 29.6 Å². The van der Waals surface area contributed by atoms with Crippen LogP contribution in [0.15, 0.2) is 30.7 Å². The highest BCUT2D eigenvalue weighted by Gasteiger charge is 2.22. The average Bonchev–Trinajstić information content (AvgIpc) is 2.94. The lowest BCUT2D eigenvalue weighted by atomic mass is 10.1. The third kappa shape index (κ3) is 3.06. The largest absolute Gasteiger partial charge is 0.481 e. The molecule has 0 aliphatic carbocycles. The number of hydrogen-bond acceptors (Lipinski definition) is 6. The van der Waals surface area contributed by atoms with Gasteiger partial charge in [0.1, 0.15) is 0 Å². The maximum absolute atomic E-state index is 5.52. The molecule has 26 heavy (non-hydrogen) atoms. The Hall–Kier alpha value is -2.80. The van der Waals surface area contributed by atoms with E-state index < -0.39 is 0 Å². The van der Waals surface area contributed by atoms with Crippen LogP contribution in [-0.4, -0.2) is 43.3 Å².